The number of benzene rings is 2. The Morgan fingerprint density at radius 2 is 1.78 bits per heavy atom. The van der Waals surface area contributed by atoms with Crippen LogP contribution >= 0.6 is 0 Å². The molecule has 170 valence electrons. The van der Waals surface area contributed by atoms with Crippen LogP contribution in [0.25, 0.3) is 10.9 Å². The minimum atomic E-state index is -4.05. The molecule has 1 aliphatic rings. The Morgan fingerprint density at radius 1 is 1.06 bits per heavy atom. The van der Waals surface area contributed by atoms with Crippen LogP contribution in [0, 0.1) is 12.7 Å². The number of aromatic nitrogens is 1. The first-order valence-electron chi connectivity index (χ1n) is 10.8. The van der Waals surface area contributed by atoms with E-state index in [1.807, 2.05) is 18.9 Å². The first-order chi connectivity index (χ1) is 15.2. The summed E-state index contributed by atoms with van der Waals surface area (Å²) < 4.78 is 43.5. The van der Waals surface area contributed by atoms with Gasteiger partial charge in [0.1, 0.15) is 10.7 Å². The Morgan fingerprint density at radius 3 is 2.44 bits per heavy atom. The molecule has 0 saturated carbocycles. The van der Waals surface area contributed by atoms with Crippen LogP contribution in [-0.4, -0.2) is 51.1 Å². The van der Waals surface area contributed by atoms with Gasteiger partial charge in [-0.2, -0.15) is 0 Å². The second-order valence-corrected chi connectivity index (χ2v) is 10.4. The maximum absolute atomic E-state index is 15.2. The van der Waals surface area contributed by atoms with Crippen LogP contribution in [0.1, 0.15) is 18.9 Å². The highest BCUT2D eigenvalue weighted by atomic mass is 32.2. The largest absolute Gasteiger partial charge is 0.367 e. The van der Waals surface area contributed by atoms with E-state index >= 15 is 4.39 Å². The first-order valence-corrected chi connectivity index (χ1v) is 12.3. The molecular formula is C24H28FN3O3S. The molecule has 0 amide bonds. The van der Waals surface area contributed by atoms with Crippen LogP contribution in [0.5, 0.6) is 0 Å². The van der Waals surface area contributed by atoms with Crippen molar-refractivity contribution < 1.29 is 12.8 Å². The number of fused-ring (bicyclic) bond motifs is 1. The van der Waals surface area contributed by atoms with Crippen molar-refractivity contribution in [2.45, 2.75) is 36.6 Å². The van der Waals surface area contributed by atoms with E-state index in [1.165, 1.54) is 18.3 Å². The minimum absolute atomic E-state index is 0.0616. The summed E-state index contributed by atoms with van der Waals surface area (Å²) in [6.07, 6.45) is 2.15. The average Bonchev–Trinajstić information content (AvgIpc) is 2.76. The number of sulfone groups is 1. The molecule has 1 aliphatic heterocycles. The summed E-state index contributed by atoms with van der Waals surface area (Å²) in [6, 6.07) is 9.36. The molecule has 4 rings (SSSR count). The lowest BCUT2D eigenvalue weighted by Gasteiger charge is -2.34. The molecule has 0 bridgehead atoms. The van der Waals surface area contributed by atoms with E-state index < -0.39 is 21.1 Å². The van der Waals surface area contributed by atoms with E-state index in [0.717, 1.165) is 25.1 Å². The molecule has 0 N–H and O–H groups in total. The fourth-order valence-electron chi connectivity index (χ4n) is 4.19. The average molecular weight is 458 g/mol. The Kier molecular flexibility index (Phi) is 6.09. The minimum Gasteiger partial charge on any atom is -0.367 e. The number of hydrogen-bond donors (Lipinski definition) is 0. The second-order valence-electron chi connectivity index (χ2n) is 8.45. The molecule has 6 nitrogen and oxygen atoms in total. The monoisotopic (exact) mass is 457 g/mol. The van der Waals surface area contributed by atoms with Crippen LogP contribution in [-0.2, 0) is 16.4 Å². The molecule has 1 fully saturated rings. The molecular weight excluding hydrogens is 429 g/mol. The van der Waals surface area contributed by atoms with Gasteiger partial charge in [0.25, 0.3) is 0 Å². The van der Waals surface area contributed by atoms with E-state index in [-0.39, 0.29) is 15.2 Å². The maximum atomic E-state index is 15.2. The summed E-state index contributed by atoms with van der Waals surface area (Å²) in [5.41, 5.74) is 1.11. The molecule has 3 aromatic rings. The van der Waals surface area contributed by atoms with E-state index in [0.29, 0.717) is 30.8 Å². The van der Waals surface area contributed by atoms with Gasteiger partial charge in [-0.1, -0.05) is 19.1 Å². The van der Waals surface area contributed by atoms with Gasteiger partial charge in [0.2, 0.25) is 15.3 Å². The van der Waals surface area contributed by atoms with Gasteiger partial charge in [0.05, 0.1) is 21.5 Å². The van der Waals surface area contributed by atoms with Crippen LogP contribution in [0.15, 0.2) is 57.2 Å². The van der Waals surface area contributed by atoms with Crippen LogP contribution in [0.3, 0.4) is 0 Å². The molecule has 32 heavy (non-hydrogen) atoms. The molecule has 1 aromatic heterocycles. The smallest absolute Gasteiger partial charge is 0.211 e. The zero-order valence-electron chi connectivity index (χ0n) is 18.6. The molecule has 0 atom stereocenters. The highest BCUT2D eigenvalue weighted by Crippen LogP contribution is 2.28. The number of piperazine rings is 1. The molecule has 2 aromatic carbocycles. The lowest BCUT2D eigenvalue weighted by Crippen LogP contribution is -2.44. The van der Waals surface area contributed by atoms with Crippen LogP contribution < -0.4 is 10.3 Å². The molecule has 0 aliphatic carbocycles. The van der Waals surface area contributed by atoms with E-state index in [2.05, 4.69) is 4.90 Å². The molecule has 0 spiro atoms. The second kappa shape index (κ2) is 8.67. The predicted octanol–water partition coefficient (Wildman–Crippen LogP) is 3.44. The number of hydrogen-bond acceptors (Lipinski definition) is 5. The third-order valence-electron chi connectivity index (χ3n) is 6.01. The normalized spacial score (nSPS) is 15.4. The van der Waals surface area contributed by atoms with Gasteiger partial charge >= 0.3 is 0 Å². The van der Waals surface area contributed by atoms with E-state index in [1.54, 1.807) is 35.8 Å². The molecule has 0 radical (unpaired) electrons. The molecule has 2 heterocycles. The standard InChI is InChI=1S/C24H28FN3O3S/c1-4-8-28-16-23(32(30,31)18-7-5-6-17(2)13-18)24(29)19-14-20(25)22(15-21(19)28)27-11-9-26(3)10-12-27/h5-7,13-16H,4,8-12H2,1-3H3. The molecule has 8 heteroatoms. The lowest BCUT2D eigenvalue weighted by atomic mass is 10.1. The Bertz CT molecular complexity index is 1330. The summed E-state index contributed by atoms with van der Waals surface area (Å²) in [5.74, 6) is -0.507. The fourth-order valence-corrected chi connectivity index (χ4v) is 5.66. The van der Waals surface area contributed by atoms with Crippen LogP contribution in [0.2, 0.25) is 0 Å². The zero-order chi connectivity index (χ0) is 23.0. The third-order valence-corrected chi connectivity index (χ3v) is 7.76. The van der Waals surface area contributed by atoms with Gasteiger partial charge < -0.3 is 14.4 Å². The van der Waals surface area contributed by atoms with Crippen molar-refractivity contribution in [3.05, 3.63) is 64.2 Å². The van der Waals surface area contributed by atoms with Gasteiger partial charge in [-0.3, -0.25) is 4.79 Å². The summed E-state index contributed by atoms with van der Waals surface area (Å²) in [6.45, 7) is 7.32. The maximum Gasteiger partial charge on any atom is 0.211 e. The molecule has 0 unspecified atom stereocenters. The first kappa shape index (κ1) is 22.5. The number of pyridine rings is 1. The number of likely N-dealkylation sites (N-methyl/N-ethyl adjacent to an activating group) is 1. The van der Waals surface area contributed by atoms with E-state index in [9.17, 15) is 13.2 Å². The van der Waals surface area contributed by atoms with Gasteiger partial charge in [-0.15, -0.1) is 0 Å². The quantitative estimate of drug-likeness (QED) is 0.587. The highest BCUT2D eigenvalue weighted by Gasteiger charge is 2.26. The van der Waals surface area contributed by atoms with Gasteiger partial charge in [-0.25, -0.2) is 12.8 Å². The highest BCUT2D eigenvalue weighted by molar-refractivity contribution is 7.91. The van der Waals surface area contributed by atoms with Gasteiger partial charge in [0.15, 0.2) is 0 Å². The lowest BCUT2D eigenvalue weighted by molar-refractivity contribution is 0.312. The van der Waals surface area contributed by atoms with Crippen LogP contribution in [0.4, 0.5) is 10.1 Å². The summed E-state index contributed by atoms with van der Waals surface area (Å²) in [5, 5.41) is 0.0857. The third kappa shape index (κ3) is 4.04. The van der Waals surface area contributed by atoms with Crippen molar-refractivity contribution in [3.8, 4) is 0 Å². The zero-order valence-corrected chi connectivity index (χ0v) is 19.5. The van der Waals surface area contributed by atoms with Gasteiger partial charge in [-0.05, 0) is 50.2 Å². The fraction of sp³-hybridized carbons (Fsp3) is 0.375. The van der Waals surface area contributed by atoms with Crippen molar-refractivity contribution in [2.75, 3.05) is 38.1 Å². The van der Waals surface area contributed by atoms with E-state index in [4.69, 9.17) is 0 Å². The number of nitrogens with zero attached hydrogens (tertiary/aromatic N) is 3. The summed E-state index contributed by atoms with van der Waals surface area (Å²) in [7, 11) is -2.01. The topological polar surface area (TPSA) is 62.6 Å². The number of halogens is 1. The Hall–Kier alpha value is -2.71. The Labute approximate surface area is 187 Å². The van der Waals surface area contributed by atoms with Crippen molar-refractivity contribution in [1.82, 2.24) is 9.47 Å². The SMILES string of the molecule is CCCn1cc(S(=O)(=O)c2cccc(C)c2)c(=O)c2cc(F)c(N3CCN(C)CC3)cc21. The summed E-state index contributed by atoms with van der Waals surface area (Å²) in [4.78, 5) is 17.2. The predicted molar refractivity (Wildman–Crippen MR) is 125 cm³/mol. The van der Waals surface area contributed by atoms with Crippen molar-refractivity contribution in [1.29, 1.82) is 0 Å². The Balaban J connectivity index is 1.92. The molecule has 1 saturated heterocycles. The van der Waals surface area contributed by atoms with Crippen molar-refractivity contribution >= 4 is 26.4 Å². The number of aryl methyl sites for hydroxylation is 2. The van der Waals surface area contributed by atoms with Gasteiger partial charge in [0, 0.05) is 38.9 Å². The number of rotatable bonds is 5. The summed E-state index contributed by atoms with van der Waals surface area (Å²) >= 11 is 0. The van der Waals surface area contributed by atoms with Crippen molar-refractivity contribution in [2.24, 2.45) is 0 Å². The number of anilines is 1. The van der Waals surface area contributed by atoms with Crippen molar-refractivity contribution in [3.63, 3.8) is 0 Å².